The summed E-state index contributed by atoms with van der Waals surface area (Å²) in [4.78, 5) is 12.9. The smallest absolute Gasteiger partial charge is 0.220 e. The van der Waals surface area contributed by atoms with Gasteiger partial charge in [-0.1, -0.05) is 158 Å². The molecule has 1 aliphatic rings. The first kappa shape index (κ1) is 52.9. The number of ether oxygens (including phenoxy) is 2. The molecule has 0 spiro atoms. The highest BCUT2D eigenvalue weighted by Gasteiger charge is 2.44. The lowest BCUT2D eigenvalue weighted by Crippen LogP contribution is -2.60. The van der Waals surface area contributed by atoms with Crippen molar-refractivity contribution in [3.63, 3.8) is 0 Å². The summed E-state index contributed by atoms with van der Waals surface area (Å²) < 4.78 is 11.2. The molecule has 0 radical (unpaired) electrons. The molecule has 1 aliphatic heterocycles. The van der Waals surface area contributed by atoms with Crippen molar-refractivity contribution in [1.82, 2.24) is 5.32 Å². The highest BCUT2D eigenvalue weighted by Crippen LogP contribution is 2.23. The maximum absolute atomic E-state index is 12.9. The van der Waals surface area contributed by atoms with E-state index in [-0.39, 0.29) is 18.9 Å². The molecule has 1 fully saturated rings. The zero-order chi connectivity index (χ0) is 41.6. The number of nitrogens with one attached hydrogen (secondary N) is 1. The van der Waals surface area contributed by atoms with Crippen molar-refractivity contribution in [3.8, 4) is 0 Å². The fourth-order valence-corrected chi connectivity index (χ4v) is 6.85. The van der Waals surface area contributed by atoms with Gasteiger partial charge in [0.15, 0.2) is 6.29 Å². The molecule has 0 aliphatic carbocycles. The summed E-state index contributed by atoms with van der Waals surface area (Å²) in [6.07, 6.45) is 42.4. The number of carbonyl (C=O) groups is 1. The van der Waals surface area contributed by atoms with Crippen molar-refractivity contribution in [3.05, 3.63) is 60.8 Å². The topological polar surface area (TPSA) is 149 Å². The first-order valence-corrected chi connectivity index (χ1v) is 23.0. The third kappa shape index (κ3) is 28.9. The summed E-state index contributed by atoms with van der Waals surface area (Å²) in [5.74, 6) is -0.211. The number of amides is 1. The first-order chi connectivity index (χ1) is 27.8. The van der Waals surface area contributed by atoms with Gasteiger partial charge in [-0.05, 0) is 77.0 Å². The molecule has 1 rings (SSSR count). The predicted octanol–water partition coefficient (Wildman–Crippen LogP) is 9.61. The number of unbranched alkanes of at least 4 members (excludes halogenated alkanes) is 17. The van der Waals surface area contributed by atoms with Gasteiger partial charge in [-0.3, -0.25) is 4.79 Å². The molecule has 1 saturated heterocycles. The summed E-state index contributed by atoms with van der Waals surface area (Å²) in [6.45, 7) is 3.76. The molecule has 0 aromatic rings. The standard InChI is InChI=1S/C48H85NO8/c1-3-5-7-9-11-13-15-17-18-19-20-21-22-23-24-26-28-30-32-34-36-38-44(52)49-41(40-56-48-47(55)46(54)45(53)43(39-50)57-48)42(51)37-35-33-31-29-27-25-16-14-12-10-8-6-4-2/h18-19,21-22,24,26-27,29-30,32,41-43,45-48,50-51,53-55H,3-17,20,23,25,28,31,33-40H2,1-2H3,(H,49,52)/b19-18+,22-21+,26-24+,29-27+,32-30+/t41-,42+,43-,45-,46?,47?,48-/m0/s1. The lowest BCUT2D eigenvalue weighted by Gasteiger charge is -2.40. The van der Waals surface area contributed by atoms with Gasteiger partial charge in [0.25, 0.3) is 0 Å². The molecule has 9 heteroatoms. The van der Waals surface area contributed by atoms with Crippen molar-refractivity contribution in [2.75, 3.05) is 13.2 Å². The van der Waals surface area contributed by atoms with Crippen LogP contribution in [0.2, 0.25) is 0 Å². The molecule has 1 heterocycles. The third-order valence-electron chi connectivity index (χ3n) is 10.6. The van der Waals surface area contributed by atoms with Crippen LogP contribution in [-0.4, -0.2) is 87.5 Å². The van der Waals surface area contributed by atoms with Crippen molar-refractivity contribution >= 4 is 5.91 Å². The maximum atomic E-state index is 12.9. The Kier molecular flexibility index (Phi) is 35.4. The molecule has 330 valence electrons. The Morgan fingerprint density at radius 1 is 0.596 bits per heavy atom. The van der Waals surface area contributed by atoms with Crippen LogP contribution in [-0.2, 0) is 14.3 Å². The SMILES string of the molecule is CCCCCCCCC/C=C/C/C=C/C/C=C/C/C=C/CCCC(=O)N[C@@H](CO[C@H]1O[C@@H](CO)[C@H](O)C(O)C1O)[C@H](O)CCCC/C=C/CCCCCCCCC. The van der Waals surface area contributed by atoms with Gasteiger partial charge >= 0.3 is 0 Å². The van der Waals surface area contributed by atoms with Gasteiger partial charge in [0.05, 0.1) is 25.4 Å². The summed E-state index contributed by atoms with van der Waals surface area (Å²) in [7, 11) is 0. The fraction of sp³-hybridized carbons (Fsp3) is 0.771. The second-order valence-corrected chi connectivity index (χ2v) is 15.8. The van der Waals surface area contributed by atoms with Crippen molar-refractivity contribution in [2.24, 2.45) is 0 Å². The minimum absolute atomic E-state index is 0.175. The zero-order valence-corrected chi connectivity index (χ0v) is 36.1. The highest BCUT2D eigenvalue weighted by atomic mass is 16.7. The van der Waals surface area contributed by atoms with Crippen LogP contribution in [0.1, 0.15) is 181 Å². The highest BCUT2D eigenvalue weighted by molar-refractivity contribution is 5.76. The van der Waals surface area contributed by atoms with Crippen molar-refractivity contribution in [2.45, 2.75) is 224 Å². The molecular formula is C48H85NO8. The van der Waals surface area contributed by atoms with Crippen LogP contribution in [0, 0.1) is 0 Å². The van der Waals surface area contributed by atoms with Crippen LogP contribution >= 0.6 is 0 Å². The predicted molar refractivity (Wildman–Crippen MR) is 235 cm³/mol. The van der Waals surface area contributed by atoms with E-state index in [1.54, 1.807) is 0 Å². The molecule has 0 aromatic carbocycles. The van der Waals surface area contributed by atoms with Crippen LogP contribution in [0.5, 0.6) is 0 Å². The van der Waals surface area contributed by atoms with Crippen LogP contribution in [0.25, 0.3) is 0 Å². The monoisotopic (exact) mass is 804 g/mol. The number of carbonyl (C=O) groups excluding carboxylic acids is 1. The van der Waals surface area contributed by atoms with Crippen molar-refractivity contribution < 1.29 is 39.8 Å². The molecule has 57 heavy (non-hydrogen) atoms. The lowest BCUT2D eigenvalue weighted by molar-refractivity contribution is -0.302. The van der Waals surface area contributed by atoms with Crippen LogP contribution in [0.15, 0.2) is 60.8 Å². The van der Waals surface area contributed by atoms with E-state index in [4.69, 9.17) is 9.47 Å². The molecule has 9 nitrogen and oxygen atoms in total. The number of rotatable bonds is 37. The summed E-state index contributed by atoms with van der Waals surface area (Å²) in [5.41, 5.74) is 0. The Morgan fingerprint density at radius 3 is 1.54 bits per heavy atom. The molecule has 0 bridgehead atoms. The molecule has 6 N–H and O–H groups in total. The largest absolute Gasteiger partial charge is 0.394 e. The molecule has 2 unspecified atom stereocenters. The van der Waals surface area contributed by atoms with Gasteiger partial charge in [-0.15, -0.1) is 0 Å². The number of allylic oxidation sites excluding steroid dienone is 10. The zero-order valence-electron chi connectivity index (χ0n) is 36.1. The number of aliphatic hydroxyl groups is 5. The Labute approximate surface area is 347 Å². The van der Waals surface area contributed by atoms with Gasteiger partial charge < -0.3 is 40.3 Å². The van der Waals surface area contributed by atoms with E-state index in [0.29, 0.717) is 12.8 Å². The first-order valence-electron chi connectivity index (χ1n) is 23.0. The Bertz CT molecular complexity index is 1070. The van der Waals surface area contributed by atoms with E-state index in [1.807, 2.05) is 0 Å². The molecular weight excluding hydrogens is 719 g/mol. The van der Waals surface area contributed by atoms with Crippen LogP contribution < -0.4 is 5.32 Å². The van der Waals surface area contributed by atoms with Crippen LogP contribution in [0.4, 0.5) is 0 Å². The second-order valence-electron chi connectivity index (χ2n) is 15.8. The quantitative estimate of drug-likeness (QED) is 0.0269. The van der Waals surface area contributed by atoms with E-state index in [0.717, 1.165) is 51.4 Å². The number of hydrogen-bond acceptors (Lipinski definition) is 8. The molecule has 0 saturated carbocycles. The number of aliphatic hydroxyl groups excluding tert-OH is 5. The average Bonchev–Trinajstić information content (AvgIpc) is 3.21. The van der Waals surface area contributed by atoms with Gasteiger partial charge in [-0.25, -0.2) is 0 Å². The van der Waals surface area contributed by atoms with E-state index in [2.05, 4.69) is 79.9 Å². The van der Waals surface area contributed by atoms with Gasteiger partial charge in [-0.2, -0.15) is 0 Å². The van der Waals surface area contributed by atoms with E-state index >= 15 is 0 Å². The van der Waals surface area contributed by atoms with Gasteiger partial charge in [0.2, 0.25) is 5.91 Å². The summed E-state index contributed by atoms with van der Waals surface area (Å²) in [6, 6.07) is -0.765. The van der Waals surface area contributed by atoms with E-state index in [9.17, 15) is 30.3 Å². The maximum Gasteiger partial charge on any atom is 0.220 e. The average molecular weight is 804 g/mol. The molecule has 0 aromatic heterocycles. The van der Waals surface area contributed by atoms with E-state index < -0.39 is 49.5 Å². The third-order valence-corrected chi connectivity index (χ3v) is 10.6. The van der Waals surface area contributed by atoms with E-state index in [1.165, 1.54) is 96.3 Å². The number of hydrogen-bond donors (Lipinski definition) is 6. The second kappa shape index (κ2) is 38.1. The minimum Gasteiger partial charge on any atom is -0.394 e. The Morgan fingerprint density at radius 2 is 1.04 bits per heavy atom. The van der Waals surface area contributed by atoms with Crippen molar-refractivity contribution in [1.29, 1.82) is 0 Å². The fourth-order valence-electron chi connectivity index (χ4n) is 6.85. The van der Waals surface area contributed by atoms with Crippen LogP contribution in [0.3, 0.4) is 0 Å². The van der Waals surface area contributed by atoms with Gasteiger partial charge in [0.1, 0.15) is 24.4 Å². The lowest BCUT2D eigenvalue weighted by atomic mass is 9.99. The minimum atomic E-state index is -1.57. The summed E-state index contributed by atoms with van der Waals surface area (Å²) >= 11 is 0. The Balaban J connectivity index is 2.39. The summed E-state index contributed by atoms with van der Waals surface area (Å²) in [5, 5.41) is 54.2. The normalized spacial score (nSPS) is 21.6. The Hall–Kier alpha value is -2.11. The molecule has 7 atom stereocenters. The van der Waals surface area contributed by atoms with Gasteiger partial charge in [0, 0.05) is 6.42 Å². The molecule has 1 amide bonds.